The summed E-state index contributed by atoms with van der Waals surface area (Å²) in [6.07, 6.45) is 3.44. The fraction of sp³-hybridized carbons (Fsp3) is 0.500. The average molecular weight is 310 g/mol. The minimum Gasteiger partial charge on any atom is -0.478 e. The van der Waals surface area contributed by atoms with Gasteiger partial charge in [-0.3, -0.25) is 0 Å². The number of carboxylic acid groups (broad SMARTS) is 2. The Kier molecular flexibility index (Phi) is 7.56. The highest BCUT2D eigenvalue weighted by molar-refractivity contribution is 6.03. The summed E-state index contributed by atoms with van der Waals surface area (Å²) in [5.74, 6) is -2.51. The monoisotopic (exact) mass is 310 g/mol. The first kappa shape index (κ1) is 18.1. The lowest BCUT2D eigenvalue weighted by Gasteiger charge is -2.15. The Morgan fingerprint density at radius 1 is 0.818 bits per heavy atom. The molecule has 0 spiro atoms. The molecule has 0 saturated carbocycles. The smallest absolute Gasteiger partial charge is 0.336 e. The zero-order valence-electron chi connectivity index (χ0n) is 12.4. The van der Waals surface area contributed by atoms with Gasteiger partial charge in [-0.1, -0.05) is 6.07 Å². The predicted octanol–water partition coefficient (Wildman–Crippen LogP) is 1.71. The summed E-state index contributed by atoms with van der Waals surface area (Å²) < 4.78 is 0. The summed E-state index contributed by atoms with van der Waals surface area (Å²) in [7, 11) is 0. The van der Waals surface area contributed by atoms with Crippen LogP contribution in [0.1, 0.15) is 57.5 Å². The van der Waals surface area contributed by atoms with Crippen LogP contribution in [0.15, 0.2) is 12.1 Å². The van der Waals surface area contributed by atoms with Gasteiger partial charge in [0.25, 0.3) is 0 Å². The normalized spacial score (nSPS) is 10.6. The molecule has 22 heavy (non-hydrogen) atoms. The summed E-state index contributed by atoms with van der Waals surface area (Å²) in [6.45, 7) is 0.0831. The molecule has 0 amide bonds. The molecule has 0 radical (unpaired) electrons. The van der Waals surface area contributed by atoms with Crippen LogP contribution in [0.4, 0.5) is 0 Å². The van der Waals surface area contributed by atoms with E-state index in [0.29, 0.717) is 44.1 Å². The number of aliphatic hydroxyl groups excluding tert-OH is 2. The van der Waals surface area contributed by atoms with Crippen LogP contribution < -0.4 is 0 Å². The van der Waals surface area contributed by atoms with Crippen molar-refractivity contribution in [3.63, 3.8) is 0 Å². The second-order valence-corrected chi connectivity index (χ2v) is 5.10. The van der Waals surface area contributed by atoms with E-state index in [4.69, 9.17) is 10.2 Å². The van der Waals surface area contributed by atoms with Crippen LogP contribution in [-0.4, -0.2) is 45.6 Å². The number of aliphatic hydroxyl groups is 2. The molecule has 0 aliphatic heterocycles. The lowest BCUT2D eigenvalue weighted by molar-refractivity contribution is 0.0650. The number of carboxylic acids is 2. The van der Waals surface area contributed by atoms with Gasteiger partial charge in [-0.05, 0) is 55.7 Å². The highest BCUT2D eigenvalue weighted by Crippen LogP contribution is 2.24. The molecule has 0 unspecified atom stereocenters. The molecule has 0 heterocycles. The fourth-order valence-electron chi connectivity index (χ4n) is 2.47. The van der Waals surface area contributed by atoms with Crippen LogP contribution in [0.25, 0.3) is 0 Å². The summed E-state index contributed by atoms with van der Waals surface area (Å²) >= 11 is 0. The lowest BCUT2D eigenvalue weighted by atomic mass is 9.90. The predicted molar refractivity (Wildman–Crippen MR) is 80.4 cm³/mol. The van der Waals surface area contributed by atoms with E-state index in [1.807, 2.05) is 0 Å². The first-order valence-electron chi connectivity index (χ1n) is 7.36. The Bertz CT molecular complexity index is 524. The van der Waals surface area contributed by atoms with E-state index in [9.17, 15) is 19.8 Å². The largest absolute Gasteiger partial charge is 0.478 e. The van der Waals surface area contributed by atoms with Crippen molar-refractivity contribution in [2.45, 2.75) is 38.5 Å². The molecule has 1 aromatic carbocycles. The maximum Gasteiger partial charge on any atom is 0.336 e. The van der Waals surface area contributed by atoms with Crippen molar-refractivity contribution in [1.82, 2.24) is 0 Å². The van der Waals surface area contributed by atoms with E-state index in [1.165, 1.54) is 6.07 Å². The van der Waals surface area contributed by atoms with Gasteiger partial charge in [-0.15, -0.1) is 0 Å². The number of rotatable bonds is 10. The molecule has 0 saturated heterocycles. The standard InChI is InChI=1S/C16H22O6/c17-9-3-1-5-11-7-8-13(15(19)20)14(16(21)22)12(11)6-2-4-10-18/h7-8,17-18H,1-6,9-10H2,(H,19,20)(H,21,22). The SMILES string of the molecule is O=C(O)c1ccc(CCCCO)c(CCCCO)c1C(=O)O. The first-order valence-corrected chi connectivity index (χ1v) is 7.36. The van der Waals surface area contributed by atoms with Crippen molar-refractivity contribution in [2.24, 2.45) is 0 Å². The van der Waals surface area contributed by atoms with Gasteiger partial charge in [0.2, 0.25) is 0 Å². The molecule has 0 fully saturated rings. The van der Waals surface area contributed by atoms with Gasteiger partial charge in [0, 0.05) is 13.2 Å². The second-order valence-electron chi connectivity index (χ2n) is 5.10. The van der Waals surface area contributed by atoms with E-state index in [2.05, 4.69) is 0 Å². The number of benzene rings is 1. The van der Waals surface area contributed by atoms with Crippen LogP contribution in [0, 0.1) is 0 Å². The molecule has 122 valence electrons. The van der Waals surface area contributed by atoms with Crippen LogP contribution >= 0.6 is 0 Å². The molecule has 0 aliphatic carbocycles. The summed E-state index contributed by atoms with van der Waals surface area (Å²) in [6, 6.07) is 2.98. The first-order chi connectivity index (χ1) is 10.5. The molecular formula is C16H22O6. The van der Waals surface area contributed by atoms with Crippen molar-refractivity contribution in [2.75, 3.05) is 13.2 Å². The minimum atomic E-state index is -1.26. The fourth-order valence-corrected chi connectivity index (χ4v) is 2.47. The molecule has 6 nitrogen and oxygen atoms in total. The maximum atomic E-state index is 11.5. The van der Waals surface area contributed by atoms with Gasteiger partial charge in [-0.25, -0.2) is 9.59 Å². The topological polar surface area (TPSA) is 115 Å². The lowest BCUT2D eigenvalue weighted by Crippen LogP contribution is -2.14. The van der Waals surface area contributed by atoms with Gasteiger partial charge >= 0.3 is 11.9 Å². The molecule has 1 rings (SSSR count). The van der Waals surface area contributed by atoms with Crippen molar-refractivity contribution >= 4 is 11.9 Å². The Balaban J connectivity index is 3.21. The minimum absolute atomic E-state index is 0.0148. The molecule has 1 aromatic rings. The zero-order valence-corrected chi connectivity index (χ0v) is 12.4. The third-order valence-electron chi connectivity index (χ3n) is 3.54. The van der Waals surface area contributed by atoms with E-state index in [-0.39, 0.29) is 24.3 Å². The van der Waals surface area contributed by atoms with E-state index >= 15 is 0 Å². The van der Waals surface area contributed by atoms with Gasteiger partial charge < -0.3 is 20.4 Å². The molecule has 0 bridgehead atoms. The van der Waals surface area contributed by atoms with Crippen molar-refractivity contribution in [3.8, 4) is 0 Å². The zero-order chi connectivity index (χ0) is 16.5. The molecule has 0 aliphatic rings. The van der Waals surface area contributed by atoms with E-state index in [0.717, 1.165) is 5.56 Å². The Labute approximate surface area is 129 Å². The van der Waals surface area contributed by atoms with E-state index < -0.39 is 11.9 Å². The molecule has 0 aromatic heterocycles. The highest BCUT2D eigenvalue weighted by Gasteiger charge is 2.22. The third-order valence-corrected chi connectivity index (χ3v) is 3.54. The quantitative estimate of drug-likeness (QED) is 0.489. The summed E-state index contributed by atoms with van der Waals surface area (Å²) in [5.41, 5.74) is 0.955. The summed E-state index contributed by atoms with van der Waals surface area (Å²) in [4.78, 5) is 22.8. The van der Waals surface area contributed by atoms with Gasteiger partial charge in [0.1, 0.15) is 0 Å². The van der Waals surface area contributed by atoms with Crippen molar-refractivity contribution in [3.05, 3.63) is 34.4 Å². The van der Waals surface area contributed by atoms with Crippen molar-refractivity contribution < 1.29 is 30.0 Å². The number of carbonyl (C=O) groups is 2. The second kappa shape index (κ2) is 9.17. The number of aromatic carboxylic acids is 2. The summed E-state index contributed by atoms with van der Waals surface area (Å²) in [5, 5.41) is 36.3. The van der Waals surface area contributed by atoms with Gasteiger partial charge in [0.05, 0.1) is 11.1 Å². The Morgan fingerprint density at radius 2 is 1.41 bits per heavy atom. The number of unbranched alkanes of at least 4 members (excludes halogenated alkanes) is 2. The molecule has 6 heteroatoms. The van der Waals surface area contributed by atoms with Gasteiger partial charge in [0.15, 0.2) is 0 Å². The van der Waals surface area contributed by atoms with Gasteiger partial charge in [-0.2, -0.15) is 0 Å². The molecular weight excluding hydrogens is 288 g/mol. The molecule has 0 atom stereocenters. The Hall–Kier alpha value is -1.92. The van der Waals surface area contributed by atoms with Crippen LogP contribution in [0.3, 0.4) is 0 Å². The van der Waals surface area contributed by atoms with E-state index in [1.54, 1.807) is 6.07 Å². The Morgan fingerprint density at radius 3 is 1.91 bits per heavy atom. The maximum absolute atomic E-state index is 11.5. The van der Waals surface area contributed by atoms with Crippen LogP contribution in [0.2, 0.25) is 0 Å². The third kappa shape index (κ3) is 4.82. The number of hydrogen-bond donors (Lipinski definition) is 4. The van der Waals surface area contributed by atoms with Crippen LogP contribution in [-0.2, 0) is 12.8 Å². The number of aryl methyl sites for hydroxylation is 1. The molecule has 4 N–H and O–H groups in total. The highest BCUT2D eigenvalue weighted by atomic mass is 16.4. The van der Waals surface area contributed by atoms with Crippen molar-refractivity contribution in [1.29, 1.82) is 0 Å². The average Bonchev–Trinajstić information content (AvgIpc) is 2.47. The van der Waals surface area contributed by atoms with Crippen LogP contribution in [0.5, 0.6) is 0 Å². The number of hydrogen-bond acceptors (Lipinski definition) is 4.